The molecular formula is C20H20O6. The van der Waals surface area contributed by atoms with Crippen LogP contribution in [-0.2, 0) is 35.1 Å². The van der Waals surface area contributed by atoms with Gasteiger partial charge >= 0.3 is 5.97 Å². The molecule has 1 aliphatic carbocycles. The first-order valence-corrected chi connectivity index (χ1v) is 7.89. The van der Waals surface area contributed by atoms with Crippen LogP contribution in [0.25, 0.3) is 0 Å². The summed E-state index contributed by atoms with van der Waals surface area (Å²) in [5, 5.41) is 0. The number of hydrogen-bond acceptors (Lipinski definition) is 6. The number of esters is 1. The van der Waals surface area contributed by atoms with Crippen molar-refractivity contribution in [1.29, 1.82) is 0 Å². The minimum absolute atomic E-state index is 0.183. The summed E-state index contributed by atoms with van der Waals surface area (Å²) in [6, 6.07) is 9.44. The predicted molar refractivity (Wildman–Crippen MR) is 93.8 cm³/mol. The molecule has 1 aromatic rings. The maximum absolute atomic E-state index is 12.4. The lowest BCUT2D eigenvalue weighted by atomic mass is 9.91. The number of allylic oxidation sites excluding steroid dienone is 2. The van der Waals surface area contributed by atoms with Crippen molar-refractivity contribution in [3.8, 4) is 12.3 Å². The Hall–Kier alpha value is -2.72. The number of ketones is 1. The predicted octanol–water partition coefficient (Wildman–Crippen LogP) is 1.80. The zero-order chi connectivity index (χ0) is 19.0. The van der Waals surface area contributed by atoms with Gasteiger partial charge in [-0.2, -0.15) is 0 Å². The molecule has 1 atom stereocenters. The van der Waals surface area contributed by atoms with Gasteiger partial charge in [0.25, 0.3) is 5.79 Å². The minimum atomic E-state index is -1.64. The average molecular weight is 356 g/mol. The van der Waals surface area contributed by atoms with Gasteiger partial charge in [0.1, 0.15) is 12.7 Å². The monoisotopic (exact) mass is 356 g/mol. The van der Waals surface area contributed by atoms with E-state index < -0.39 is 23.6 Å². The molecule has 0 N–H and O–H groups in total. The van der Waals surface area contributed by atoms with E-state index in [0.29, 0.717) is 5.57 Å². The second-order valence-electron chi connectivity index (χ2n) is 5.40. The van der Waals surface area contributed by atoms with E-state index in [-0.39, 0.29) is 13.2 Å². The van der Waals surface area contributed by atoms with E-state index in [2.05, 4.69) is 0 Å². The summed E-state index contributed by atoms with van der Waals surface area (Å²) >= 11 is 0. The molecule has 26 heavy (non-hydrogen) atoms. The molecule has 2 rings (SSSR count). The molecule has 0 heterocycles. The number of carbonyl (C=O) groups is 2. The SMILES string of the molecule is C#CC(=O)OC[C@@H](OCc1ccccc1)C1=CC=CC(=O)C1(OC)OC. The lowest BCUT2D eigenvalue weighted by molar-refractivity contribution is -0.194. The van der Waals surface area contributed by atoms with Crippen LogP contribution in [0.5, 0.6) is 0 Å². The molecule has 6 heteroatoms. The second kappa shape index (κ2) is 9.11. The summed E-state index contributed by atoms with van der Waals surface area (Å²) in [5.74, 6) is -0.980. The van der Waals surface area contributed by atoms with E-state index in [4.69, 9.17) is 25.4 Å². The Balaban J connectivity index is 2.27. The summed E-state index contributed by atoms with van der Waals surface area (Å²) in [6.07, 6.45) is 8.80. The van der Waals surface area contributed by atoms with Crippen LogP contribution in [0.2, 0.25) is 0 Å². The van der Waals surface area contributed by atoms with Gasteiger partial charge in [-0.3, -0.25) is 4.79 Å². The standard InChI is InChI=1S/C20H20O6/c1-4-19(22)26-14-17(25-13-15-9-6-5-7-10-15)16-11-8-12-18(21)20(16,23-2)24-3/h1,5-12,17H,13-14H2,2-3H3/t17-/m1/s1. The lowest BCUT2D eigenvalue weighted by Gasteiger charge is -2.36. The molecule has 0 saturated carbocycles. The molecule has 0 spiro atoms. The zero-order valence-corrected chi connectivity index (χ0v) is 14.6. The van der Waals surface area contributed by atoms with Crippen molar-refractivity contribution in [3.63, 3.8) is 0 Å². The summed E-state index contributed by atoms with van der Waals surface area (Å²) in [4.78, 5) is 23.7. The van der Waals surface area contributed by atoms with E-state index in [0.717, 1.165) is 5.56 Å². The molecule has 0 fully saturated rings. The van der Waals surface area contributed by atoms with Gasteiger partial charge in [0.2, 0.25) is 5.78 Å². The quantitative estimate of drug-likeness (QED) is 0.306. The average Bonchev–Trinajstić information content (AvgIpc) is 2.69. The number of terminal acetylenes is 1. The highest BCUT2D eigenvalue weighted by Gasteiger charge is 2.46. The van der Waals surface area contributed by atoms with Crippen molar-refractivity contribution in [2.45, 2.75) is 18.5 Å². The van der Waals surface area contributed by atoms with Crippen LogP contribution in [0.15, 0.2) is 54.1 Å². The van der Waals surface area contributed by atoms with Crippen LogP contribution in [0.4, 0.5) is 0 Å². The maximum Gasteiger partial charge on any atom is 0.384 e. The number of methoxy groups -OCH3 is 2. The highest BCUT2D eigenvalue weighted by atomic mass is 16.7. The molecule has 1 aliphatic rings. The molecule has 0 radical (unpaired) electrons. The number of rotatable bonds is 8. The molecule has 0 amide bonds. The van der Waals surface area contributed by atoms with Gasteiger partial charge < -0.3 is 18.9 Å². The summed E-state index contributed by atoms with van der Waals surface area (Å²) in [7, 11) is 2.71. The first-order chi connectivity index (χ1) is 12.6. The number of benzene rings is 1. The van der Waals surface area contributed by atoms with E-state index in [1.165, 1.54) is 20.3 Å². The van der Waals surface area contributed by atoms with Crippen molar-refractivity contribution in [2.75, 3.05) is 20.8 Å². The second-order valence-corrected chi connectivity index (χ2v) is 5.40. The topological polar surface area (TPSA) is 71.1 Å². The van der Waals surface area contributed by atoms with Crippen molar-refractivity contribution in [2.24, 2.45) is 0 Å². The Morgan fingerprint density at radius 3 is 2.54 bits per heavy atom. The zero-order valence-electron chi connectivity index (χ0n) is 14.6. The summed E-state index contributed by atoms with van der Waals surface area (Å²) in [6.45, 7) is 0.0507. The first-order valence-electron chi connectivity index (χ1n) is 7.89. The van der Waals surface area contributed by atoms with Crippen LogP contribution in [0, 0.1) is 12.3 Å². The van der Waals surface area contributed by atoms with Gasteiger partial charge in [0, 0.05) is 25.7 Å². The third-order valence-electron chi connectivity index (χ3n) is 3.93. The van der Waals surface area contributed by atoms with Crippen LogP contribution in [0.3, 0.4) is 0 Å². The normalized spacial score (nSPS) is 16.5. The van der Waals surface area contributed by atoms with Gasteiger partial charge in [-0.1, -0.05) is 42.5 Å². The number of ether oxygens (including phenoxy) is 4. The molecule has 1 aromatic carbocycles. The third-order valence-corrected chi connectivity index (χ3v) is 3.93. The maximum atomic E-state index is 12.4. The fourth-order valence-corrected chi connectivity index (χ4v) is 2.63. The van der Waals surface area contributed by atoms with Crippen LogP contribution in [0.1, 0.15) is 5.56 Å². The summed E-state index contributed by atoms with van der Waals surface area (Å²) in [5.41, 5.74) is 1.30. The van der Waals surface area contributed by atoms with Gasteiger partial charge in [-0.25, -0.2) is 4.79 Å². The third kappa shape index (κ3) is 4.27. The van der Waals surface area contributed by atoms with Crippen LogP contribution >= 0.6 is 0 Å². The molecule has 136 valence electrons. The molecule has 0 saturated heterocycles. The minimum Gasteiger partial charge on any atom is -0.453 e. The molecule has 0 bridgehead atoms. The van der Waals surface area contributed by atoms with Crippen molar-refractivity contribution in [3.05, 3.63) is 59.7 Å². The smallest absolute Gasteiger partial charge is 0.384 e. The fourth-order valence-electron chi connectivity index (χ4n) is 2.63. The molecule has 0 aromatic heterocycles. The Kier molecular flexibility index (Phi) is 6.87. The van der Waals surface area contributed by atoms with Gasteiger partial charge in [0.15, 0.2) is 0 Å². The van der Waals surface area contributed by atoms with Crippen LogP contribution in [-0.4, -0.2) is 44.5 Å². The van der Waals surface area contributed by atoms with Gasteiger partial charge in [0.05, 0.1) is 6.61 Å². The highest BCUT2D eigenvalue weighted by molar-refractivity contribution is 6.00. The van der Waals surface area contributed by atoms with Crippen LogP contribution < -0.4 is 0 Å². The van der Waals surface area contributed by atoms with Crippen molar-refractivity contribution in [1.82, 2.24) is 0 Å². The van der Waals surface area contributed by atoms with E-state index >= 15 is 0 Å². The largest absolute Gasteiger partial charge is 0.453 e. The van der Waals surface area contributed by atoms with Crippen molar-refractivity contribution >= 4 is 11.8 Å². The Morgan fingerprint density at radius 2 is 1.92 bits per heavy atom. The molecule has 0 unspecified atom stereocenters. The van der Waals surface area contributed by atoms with Crippen molar-refractivity contribution < 1.29 is 28.5 Å². The lowest BCUT2D eigenvalue weighted by Crippen LogP contribution is -2.49. The molecule has 6 nitrogen and oxygen atoms in total. The van der Waals surface area contributed by atoms with E-state index in [9.17, 15) is 9.59 Å². The van der Waals surface area contributed by atoms with Gasteiger partial charge in [-0.05, 0) is 11.6 Å². The Morgan fingerprint density at radius 1 is 1.23 bits per heavy atom. The molecular weight excluding hydrogens is 336 g/mol. The first kappa shape index (κ1) is 19.6. The Bertz CT molecular complexity index is 737. The number of carbonyl (C=O) groups excluding carboxylic acids is 2. The summed E-state index contributed by atoms with van der Waals surface area (Å²) < 4.78 is 21.7. The van der Waals surface area contributed by atoms with E-state index in [1.807, 2.05) is 36.3 Å². The number of hydrogen-bond donors (Lipinski definition) is 0. The molecule has 0 aliphatic heterocycles. The van der Waals surface area contributed by atoms with Gasteiger partial charge in [-0.15, -0.1) is 6.42 Å². The van der Waals surface area contributed by atoms with E-state index in [1.54, 1.807) is 12.2 Å². The fraction of sp³-hybridized carbons (Fsp3) is 0.300. The highest BCUT2D eigenvalue weighted by Crippen LogP contribution is 2.31. The Labute approximate surface area is 152 Å².